The molecule has 256 valence electrons. The van der Waals surface area contributed by atoms with Crippen molar-refractivity contribution in [3.05, 3.63) is 117 Å². The Labute approximate surface area is 299 Å². The van der Waals surface area contributed by atoms with Gasteiger partial charge in [-0.1, -0.05) is 80.9 Å². The van der Waals surface area contributed by atoms with E-state index in [4.69, 9.17) is 11.6 Å². The molecular formula is C39H36ClFN4O4S. The molecule has 50 heavy (non-hydrogen) atoms. The lowest BCUT2D eigenvalue weighted by Gasteiger charge is -2.38. The first kappa shape index (κ1) is 34.9. The number of aliphatic carboxylic acids is 1. The first-order valence-electron chi connectivity index (χ1n) is 16.2. The number of benzene rings is 3. The van der Waals surface area contributed by atoms with E-state index in [9.17, 15) is 19.5 Å². The summed E-state index contributed by atoms with van der Waals surface area (Å²) in [5.74, 6) is -2.19. The van der Waals surface area contributed by atoms with Crippen LogP contribution in [0.25, 0.3) is 33.6 Å². The summed E-state index contributed by atoms with van der Waals surface area (Å²) in [6, 6.07) is 20.8. The highest BCUT2D eigenvalue weighted by atomic mass is 35.5. The lowest BCUT2D eigenvalue weighted by molar-refractivity contribution is -0.153. The van der Waals surface area contributed by atoms with Crippen molar-refractivity contribution in [2.24, 2.45) is 5.92 Å². The van der Waals surface area contributed by atoms with Gasteiger partial charge in [0.1, 0.15) is 11.9 Å². The molecule has 0 radical (unpaired) electrons. The maximum Gasteiger partial charge on any atom is 0.310 e. The van der Waals surface area contributed by atoms with Crippen LogP contribution in [0.5, 0.6) is 0 Å². The highest BCUT2D eigenvalue weighted by Gasteiger charge is 2.39. The van der Waals surface area contributed by atoms with Crippen molar-refractivity contribution in [2.75, 3.05) is 13.1 Å². The van der Waals surface area contributed by atoms with E-state index in [-0.39, 0.29) is 36.7 Å². The monoisotopic (exact) mass is 710 g/mol. The number of thiophene rings is 1. The Bertz CT molecular complexity index is 2070. The molecule has 1 aliphatic rings. The summed E-state index contributed by atoms with van der Waals surface area (Å²) in [5.41, 5.74) is 4.79. The summed E-state index contributed by atoms with van der Waals surface area (Å²) in [5, 5.41) is 12.8. The number of aryl methyl sites for hydroxylation is 1. The average molecular weight is 711 g/mol. The fraction of sp³-hybridized carbons (Fsp3) is 0.256. The molecule has 3 aromatic carbocycles. The summed E-state index contributed by atoms with van der Waals surface area (Å²) in [4.78, 5) is 50.1. The van der Waals surface area contributed by atoms with Crippen molar-refractivity contribution in [2.45, 2.75) is 45.6 Å². The van der Waals surface area contributed by atoms with Crippen LogP contribution in [-0.2, 0) is 21.4 Å². The number of amides is 2. The molecule has 1 aliphatic heterocycles. The second-order valence-corrected chi connectivity index (χ2v) is 15.1. The van der Waals surface area contributed by atoms with Gasteiger partial charge in [0.15, 0.2) is 5.82 Å². The number of likely N-dealkylation sites (tertiary alicyclic amines) is 1. The van der Waals surface area contributed by atoms with Crippen LogP contribution in [0.15, 0.2) is 85.2 Å². The van der Waals surface area contributed by atoms with Crippen LogP contribution in [0, 0.1) is 18.7 Å². The Balaban J connectivity index is 1.16. The molecular weight excluding hydrogens is 675 g/mol. The third kappa shape index (κ3) is 7.61. The molecule has 1 fully saturated rings. The van der Waals surface area contributed by atoms with Gasteiger partial charge in [0.25, 0.3) is 5.91 Å². The van der Waals surface area contributed by atoms with E-state index >= 15 is 4.39 Å². The molecule has 0 unspecified atom stereocenters. The molecule has 2 amide bonds. The van der Waals surface area contributed by atoms with E-state index in [0.29, 0.717) is 32.4 Å². The van der Waals surface area contributed by atoms with E-state index in [0.717, 1.165) is 27.1 Å². The van der Waals surface area contributed by atoms with Gasteiger partial charge in [-0.2, -0.15) is 0 Å². The van der Waals surface area contributed by atoms with E-state index in [2.05, 4.69) is 36.1 Å². The number of carbonyl (C=O) groups is 3. The fourth-order valence-electron chi connectivity index (χ4n) is 5.67. The number of halogens is 2. The van der Waals surface area contributed by atoms with Crippen LogP contribution in [0.1, 0.15) is 46.4 Å². The number of hydrogen-bond donors (Lipinski definition) is 2. The van der Waals surface area contributed by atoms with E-state index in [1.54, 1.807) is 24.5 Å². The maximum absolute atomic E-state index is 15.2. The number of hydrogen-bond acceptors (Lipinski definition) is 6. The zero-order valence-corrected chi connectivity index (χ0v) is 29.6. The number of carbonyl (C=O) groups excluding carboxylic acids is 2. The van der Waals surface area contributed by atoms with E-state index < -0.39 is 23.7 Å². The van der Waals surface area contributed by atoms with Crippen LogP contribution in [0.3, 0.4) is 0 Å². The van der Waals surface area contributed by atoms with Gasteiger partial charge in [-0.25, -0.2) is 14.4 Å². The first-order valence-corrected chi connectivity index (χ1v) is 17.4. The summed E-state index contributed by atoms with van der Waals surface area (Å²) < 4.78 is 15.2. The lowest BCUT2D eigenvalue weighted by atomic mass is 9.95. The molecule has 11 heteroatoms. The molecule has 2 aromatic heterocycles. The Morgan fingerprint density at radius 2 is 1.58 bits per heavy atom. The van der Waals surface area contributed by atoms with Crippen LogP contribution in [0.4, 0.5) is 4.39 Å². The minimum absolute atomic E-state index is 0.107. The van der Waals surface area contributed by atoms with Gasteiger partial charge >= 0.3 is 5.97 Å². The third-order valence-electron chi connectivity index (χ3n) is 8.80. The lowest BCUT2D eigenvalue weighted by Crippen LogP contribution is -2.59. The summed E-state index contributed by atoms with van der Waals surface area (Å²) >= 11 is 7.65. The standard InChI is InChI=1S/C39H36ClFN4O4S/c1-22-5-8-25(16-30(22)40)26-11-12-29(31(41)17-26)27-18-42-35(43-19-27)24-9-6-23(7-10-24)15-32(37(47)45-20-28(21-45)38(48)49)44-36(46)33-13-14-34(50-33)39(2,3)4/h5-14,16-19,28,32H,15,20-21H2,1-4H3,(H,44,46)(H,48,49)/t32-/m0/s1. The average Bonchev–Trinajstić information content (AvgIpc) is 3.57. The largest absolute Gasteiger partial charge is 0.481 e. The Morgan fingerprint density at radius 1 is 0.940 bits per heavy atom. The van der Waals surface area contributed by atoms with Gasteiger partial charge in [0.2, 0.25) is 5.91 Å². The molecule has 0 spiro atoms. The summed E-state index contributed by atoms with van der Waals surface area (Å²) in [7, 11) is 0. The van der Waals surface area contributed by atoms with Gasteiger partial charge in [-0.05, 0) is 58.9 Å². The first-order chi connectivity index (χ1) is 23.8. The normalized spacial score (nSPS) is 13.8. The molecule has 0 saturated carbocycles. The quantitative estimate of drug-likeness (QED) is 0.161. The van der Waals surface area contributed by atoms with Gasteiger partial charge in [-0.15, -0.1) is 11.3 Å². The van der Waals surface area contributed by atoms with Crippen molar-refractivity contribution in [1.29, 1.82) is 0 Å². The minimum atomic E-state index is -0.944. The predicted octanol–water partition coefficient (Wildman–Crippen LogP) is 7.82. The number of nitrogens with one attached hydrogen (secondary N) is 1. The van der Waals surface area contributed by atoms with E-state index in [1.807, 2.05) is 61.5 Å². The van der Waals surface area contributed by atoms with Gasteiger partial charge in [0.05, 0.1) is 10.8 Å². The number of carboxylic acid groups (broad SMARTS) is 1. The van der Waals surface area contributed by atoms with Crippen LogP contribution < -0.4 is 5.32 Å². The van der Waals surface area contributed by atoms with Crippen LogP contribution >= 0.6 is 22.9 Å². The topological polar surface area (TPSA) is 112 Å². The molecule has 1 atom stereocenters. The SMILES string of the molecule is Cc1ccc(-c2ccc(-c3cnc(-c4ccc(C[C@H](NC(=O)c5ccc(C(C)(C)C)s5)C(=O)N5CC(C(=O)O)C5)cc4)nc3)c(F)c2)cc1Cl. The minimum Gasteiger partial charge on any atom is -0.481 e. The molecule has 3 heterocycles. The molecule has 0 bridgehead atoms. The predicted molar refractivity (Wildman–Crippen MR) is 194 cm³/mol. The van der Waals surface area contributed by atoms with Crippen LogP contribution in [0.2, 0.25) is 5.02 Å². The van der Waals surface area contributed by atoms with Gasteiger partial charge in [0, 0.05) is 58.5 Å². The van der Waals surface area contributed by atoms with E-state index in [1.165, 1.54) is 22.3 Å². The molecule has 1 saturated heterocycles. The molecule has 5 aromatic rings. The highest BCUT2D eigenvalue weighted by molar-refractivity contribution is 7.14. The fourth-order valence-corrected chi connectivity index (χ4v) is 6.82. The Hall–Kier alpha value is -4.93. The van der Waals surface area contributed by atoms with Crippen LogP contribution in [-0.4, -0.2) is 56.9 Å². The maximum atomic E-state index is 15.2. The molecule has 6 rings (SSSR count). The summed E-state index contributed by atoms with van der Waals surface area (Å²) in [6.07, 6.45) is 3.36. The molecule has 2 N–H and O–H groups in total. The number of carboxylic acids is 1. The van der Waals surface area contributed by atoms with Gasteiger partial charge < -0.3 is 15.3 Å². The number of nitrogens with zero attached hydrogens (tertiary/aromatic N) is 3. The summed E-state index contributed by atoms with van der Waals surface area (Å²) in [6.45, 7) is 8.34. The van der Waals surface area contributed by atoms with Crippen molar-refractivity contribution in [3.8, 4) is 33.6 Å². The molecule has 8 nitrogen and oxygen atoms in total. The smallest absolute Gasteiger partial charge is 0.310 e. The number of aromatic nitrogens is 2. The Morgan fingerprint density at radius 3 is 2.18 bits per heavy atom. The molecule has 0 aliphatic carbocycles. The van der Waals surface area contributed by atoms with Crippen molar-refractivity contribution < 1.29 is 23.9 Å². The van der Waals surface area contributed by atoms with Crippen molar-refractivity contribution >= 4 is 40.7 Å². The third-order valence-corrected chi connectivity index (χ3v) is 10.7. The second kappa shape index (κ2) is 14.1. The zero-order chi connectivity index (χ0) is 35.7. The highest BCUT2D eigenvalue weighted by Crippen LogP contribution is 2.31. The Kier molecular flexibility index (Phi) is 9.87. The second-order valence-electron chi connectivity index (χ2n) is 13.6. The zero-order valence-electron chi connectivity index (χ0n) is 28.0. The van der Waals surface area contributed by atoms with Gasteiger partial charge in [-0.3, -0.25) is 14.4 Å². The number of rotatable bonds is 9. The van der Waals surface area contributed by atoms with Crippen molar-refractivity contribution in [1.82, 2.24) is 20.2 Å². The van der Waals surface area contributed by atoms with Crippen molar-refractivity contribution in [3.63, 3.8) is 0 Å².